The Hall–Kier alpha value is -6.24. The second kappa shape index (κ2) is 18.3. The first kappa shape index (κ1) is 46.9. The van der Waals surface area contributed by atoms with Crippen LogP contribution in [-0.4, -0.2) is 19.5 Å². The molecule has 0 saturated heterocycles. The first-order chi connectivity index (χ1) is 32.1. The molecule has 0 spiro atoms. The van der Waals surface area contributed by atoms with Crippen molar-refractivity contribution in [1.29, 1.82) is 0 Å². The molecule has 11 rings (SSSR count). The van der Waals surface area contributed by atoms with Crippen LogP contribution < -0.4 is 0 Å². The van der Waals surface area contributed by atoms with Crippen LogP contribution in [0.25, 0.3) is 93.4 Å². The predicted molar refractivity (Wildman–Crippen MR) is 283 cm³/mol. The molecule has 7 aromatic carbocycles. The van der Waals surface area contributed by atoms with E-state index in [-0.39, 0.29) is 42.8 Å². The molecular weight excluding hydrogens is 1030 g/mol. The molecule has 0 fully saturated rings. The zero-order valence-electron chi connectivity index (χ0n) is 40.4. The second-order valence-corrected chi connectivity index (χ2v) is 21.4. The average Bonchev–Trinajstić information content (AvgIpc) is 4.04. The minimum Gasteiger partial charge on any atom is -0.500 e. The van der Waals surface area contributed by atoms with E-state index in [1.54, 1.807) is 11.3 Å². The molecule has 5 nitrogen and oxygen atoms in total. The van der Waals surface area contributed by atoms with Gasteiger partial charge in [-0.2, -0.15) is 0 Å². The Labute approximate surface area is 417 Å². The van der Waals surface area contributed by atoms with Crippen molar-refractivity contribution in [1.82, 2.24) is 19.5 Å². The molecule has 0 N–H and O–H groups in total. The van der Waals surface area contributed by atoms with Gasteiger partial charge < -0.3 is 14.0 Å². The fourth-order valence-corrected chi connectivity index (χ4v) is 10.1. The minimum absolute atomic E-state index is 0. The summed E-state index contributed by atoms with van der Waals surface area (Å²) in [5.74, 6) is 1.34. The number of imidazole rings is 1. The summed E-state index contributed by atoms with van der Waals surface area (Å²) in [7, 11) is 0. The van der Waals surface area contributed by atoms with E-state index in [1.165, 1.54) is 49.0 Å². The van der Waals surface area contributed by atoms with Gasteiger partial charge in [-0.25, -0.2) is 4.98 Å². The molecule has 0 aliphatic carbocycles. The van der Waals surface area contributed by atoms with Crippen LogP contribution in [0.15, 0.2) is 150 Å². The molecule has 68 heavy (non-hydrogen) atoms. The maximum absolute atomic E-state index is 6.83. The normalized spacial score (nSPS) is 12.1. The molecule has 0 atom stereocenters. The first-order valence-electron chi connectivity index (χ1n) is 23.4. The van der Waals surface area contributed by atoms with E-state index in [2.05, 4.69) is 200 Å². The van der Waals surface area contributed by atoms with Crippen molar-refractivity contribution >= 4 is 65.3 Å². The standard InChI is InChI=1S/C46H40N3OS.C15H16N.Ir/c1-26(2)34-22-30(28-14-9-8-10-15-28)23-35(27(3)4)41(34)49-42-31-17-12-11-16-29(31)20-21-37(42)47-44(49)33-19-13-18-32-36-24-40-38(25-39(36)50-43(32)33)48-45(51-40)46(5,6)7;1-15(2,3)13-9-10-16-14(11-13)12-7-5-4-6-8-12;/h8-18,20-27H,1-7H3;4-7,9-11H,1-3H3;/q2*-1;. The fraction of sp³-hybridized carbons (Fsp3) is 0.230. The Balaban J connectivity index is 0.000000289. The molecule has 0 aliphatic heterocycles. The summed E-state index contributed by atoms with van der Waals surface area (Å²) in [5, 5.41) is 5.63. The SMILES string of the molecule is CC(C)(C)c1ccnc(-c2[c-]cccc2)c1.CC(C)c1cc(-c2ccccc2)cc(C(C)C)c1-n1c(-c2[c-]ccc3c2oc2cc4nc(C(C)(C)C)sc4cc23)nc2ccc3ccccc3c21.[Ir]. The Morgan fingerprint density at radius 1 is 0.618 bits per heavy atom. The van der Waals surface area contributed by atoms with Crippen LogP contribution in [0.2, 0.25) is 0 Å². The van der Waals surface area contributed by atoms with Crippen molar-refractivity contribution in [2.45, 2.75) is 91.9 Å². The van der Waals surface area contributed by atoms with Gasteiger partial charge in [0.15, 0.2) is 0 Å². The number of pyridine rings is 1. The number of benzene rings is 7. The van der Waals surface area contributed by atoms with E-state index in [1.807, 2.05) is 36.5 Å². The van der Waals surface area contributed by atoms with Gasteiger partial charge in [-0.3, -0.25) is 4.98 Å². The number of fused-ring (bicyclic) bond motifs is 7. The van der Waals surface area contributed by atoms with Gasteiger partial charge in [-0.05, 0) is 86.5 Å². The van der Waals surface area contributed by atoms with Crippen LogP contribution in [0.3, 0.4) is 0 Å². The van der Waals surface area contributed by atoms with Crippen molar-refractivity contribution < 1.29 is 24.5 Å². The minimum atomic E-state index is -0.0126. The zero-order chi connectivity index (χ0) is 46.8. The van der Waals surface area contributed by atoms with Crippen molar-refractivity contribution in [2.24, 2.45) is 0 Å². The molecule has 1 radical (unpaired) electrons. The maximum Gasteiger partial charge on any atom is 0.123 e. The van der Waals surface area contributed by atoms with Gasteiger partial charge in [-0.1, -0.05) is 147 Å². The van der Waals surface area contributed by atoms with Crippen LogP contribution in [0.4, 0.5) is 0 Å². The summed E-state index contributed by atoms with van der Waals surface area (Å²) in [6.45, 7) is 22.5. The monoisotopic (exact) mass is 1090 g/mol. The summed E-state index contributed by atoms with van der Waals surface area (Å²) < 4.78 is 10.4. The second-order valence-electron chi connectivity index (χ2n) is 20.3. The smallest absolute Gasteiger partial charge is 0.123 e. The largest absolute Gasteiger partial charge is 0.500 e. The van der Waals surface area contributed by atoms with Gasteiger partial charge in [0.2, 0.25) is 0 Å². The number of aromatic nitrogens is 4. The van der Waals surface area contributed by atoms with Gasteiger partial charge in [0, 0.05) is 54.2 Å². The average molecular weight is 1090 g/mol. The van der Waals surface area contributed by atoms with Crippen LogP contribution >= 0.6 is 11.3 Å². The summed E-state index contributed by atoms with van der Waals surface area (Å²) in [6.07, 6.45) is 1.87. The van der Waals surface area contributed by atoms with Crippen molar-refractivity contribution in [3.05, 3.63) is 180 Å². The third-order valence-corrected chi connectivity index (χ3v) is 14.1. The molecule has 343 valence electrons. The predicted octanol–water partition coefficient (Wildman–Crippen LogP) is 17.2. The molecule has 4 aromatic heterocycles. The van der Waals surface area contributed by atoms with E-state index in [0.29, 0.717) is 0 Å². The molecule has 7 heteroatoms. The number of thiazole rings is 1. The maximum atomic E-state index is 6.83. The van der Waals surface area contributed by atoms with Gasteiger partial charge in [0.05, 0.1) is 37.7 Å². The summed E-state index contributed by atoms with van der Waals surface area (Å²) in [4.78, 5) is 14.9. The summed E-state index contributed by atoms with van der Waals surface area (Å²) >= 11 is 1.77. The van der Waals surface area contributed by atoms with Crippen LogP contribution in [0, 0.1) is 12.1 Å². The van der Waals surface area contributed by atoms with E-state index in [4.69, 9.17) is 14.4 Å². The quantitative estimate of drug-likeness (QED) is 0.156. The van der Waals surface area contributed by atoms with E-state index >= 15 is 0 Å². The van der Waals surface area contributed by atoms with Crippen LogP contribution in [0.5, 0.6) is 0 Å². The summed E-state index contributed by atoms with van der Waals surface area (Å²) in [6, 6.07) is 56.0. The number of hydrogen-bond acceptors (Lipinski definition) is 5. The number of furan rings is 1. The Bertz CT molecular complexity index is 3580. The van der Waals surface area contributed by atoms with Crippen LogP contribution in [-0.2, 0) is 30.9 Å². The third kappa shape index (κ3) is 8.73. The van der Waals surface area contributed by atoms with E-state index in [9.17, 15) is 0 Å². The number of hydrogen-bond donors (Lipinski definition) is 0. The first-order valence-corrected chi connectivity index (χ1v) is 24.2. The molecule has 0 aliphatic rings. The number of rotatable bonds is 6. The molecule has 0 saturated carbocycles. The van der Waals surface area contributed by atoms with E-state index < -0.39 is 0 Å². The van der Waals surface area contributed by atoms with E-state index in [0.717, 1.165) is 66.1 Å². The topological polar surface area (TPSA) is 56.7 Å². The van der Waals surface area contributed by atoms with Crippen molar-refractivity contribution in [2.75, 3.05) is 0 Å². The van der Waals surface area contributed by atoms with Crippen molar-refractivity contribution in [3.8, 4) is 39.5 Å². The molecule has 11 aromatic rings. The van der Waals surface area contributed by atoms with Gasteiger partial charge in [-0.15, -0.1) is 65.4 Å². The number of nitrogens with zero attached hydrogens (tertiary/aromatic N) is 4. The van der Waals surface area contributed by atoms with Gasteiger partial charge >= 0.3 is 0 Å². The van der Waals surface area contributed by atoms with Gasteiger partial charge in [0.1, 0.15) is 5.58 Å². The van der Waals surface area contributed by atoms with Crippen LogP contribution in [0.1, 0.15) is 103 Å². The summed E-state index contributed by atoms with van der Waals surface area (Å²) in [5.41, 5.74) is 15.2. The zero-order valence-corrected chi connectivity index (χ0v) is 43.7. The molecular formula is C61H56IrN4OS-2. The Morgan fingerprint density at radius 3 is 2.03 bits per heavy atom. The Morgan fingerprint density at radius 2 is 1.34 bits per heavy atom. The molecule has 4 heterocycles. The molecule has 0 unspecified atom stereocenters. The Kier molecular flexibility index (Phi) is 12.6. The van der Waals surface area contributed by atoms with Gasteiger partial charge in [0.25, 0.3) is 0 Å². The molecule has 0 amide bonds. The molecule has 0 bridgehead atoms. The third-order valence-electron chi connectivity index (χ3n) is 12.7. The fourth-order valence-electron chi connectivity index (χ4n) is 9.09. The van der Waals surface area contributed by atoms with Crippen molar-refractivity contribution in [3.63, 3.8) is 0 Å².